The lowest BCUT2D eigenvalue weighted by Crippen LogP contribution is -2.29. The summed E-state index contributed by atoms with van der Waals surface area (Å²) in [5.41, 5.74) is 7.55. The summed E-state index contributed by atoms with van der Waals surface area (Å²) in [6, 6.07) is 13.7. The van der Waals surface area contributed by atoms with Crippen LogP contribution in [0.4, 0.5) is 11.5 Å². The molecule has 168 valence electrons. The van der Waals surface area contributed by atoms with Crippen molar-refractivity contribution in [2.45, 2.75) is 46.1 Å². The summed E-state index contributed by atoms with van der Waals surface area (Å²) in [7, 11) is -3.49. The molecule has 0 radical (unpaired) electrons. The average Bonchev–Trinajstić information content (AvgIpc) is 2.75. The molecule has 8 heteroatoms. The number of anilines is 2. The summed E-state index contributed by atoms with van der Waals surface area (Å²) in [5.74, 6) is -0.0399. The highest BCUT2D eigenvalue weighted by molar-refractivity contribution is 7.90. The number of hydrogen-bond acceptors (Lipinski definition) is 5. The number of halogens is 1. The van der Waals surface area contributed by atoms with Crippen molar-refractivity contribution in [3.8, 4) is 0 Å². The van der Waals surface area contributed by atoms with Gasteiger partial charge >= 0.3 is 0 Å². The lowest BCUT2D eigenvalue weighted by Gasteiger charge is -2.23. The predicted octanol–water partition coefficient (Wildman–Crippen LogP) is 5.48. The van der Waals surface area contributed by atoms with Crippen LogP contribution < -0.4 is 10.6 Å². The van der Waals surface area contributed by atoms with Gasteiger partial charge in [0.05, 0.1) is 27.7 Å². The van der Waals surface area contributed by atoms with Crippen molar-refractivity contribution < 1.29 is 13.2 Å². The van der Waals surface area contributed by atoms with Crippen molar-refractivity contribution in [2.24, 2.45) is 0 Å². The Morgan fingerprint density at radius 1 is 1.06 bits per heavy atom. The van der Waals surface area contributed by atoms with Crippen LogP contribution in [-0.4, -0.2) is 25.6 Å². The van der Waals surface area contributed by atoms with Crippen LogP contribution in [-0.2, 0) is 21.2 Å². The molecule has 0 aliphatic rings. The highest BCUT2D eigenvalue weighted by atomic mass is 35.5. The smallest absolute Gasteiger partial charge is 0.224 e. The Balaban J connectivity index is 0.00000113. The molecule has 0 unspecified atom stereocenters. The van der Waals surface area contributed by atoms with E-state index in [2.05, 4.69) is 4.98 Å². The molecule has 0 bridgehead atoms. The summed E-state index contributed by atoms with van der Waals surface area (Å²) in [5, 5.41) is 1.20. The van der Waals surface area contributed by atoms with Gasteiger partial charge in [0.25, 0.3) is 0 Å². The maximum absolute atomic E-state index is 12.3. The second kappa shape index (κ2) is 11.7. The average molecular weight is 464 g/mol. The van der Waals surface area contributed by atoms with Crippen molar-refractivity contribution in [2.75, 3.05) is 16.9 Å². The Morgan fingerprint density at radius 3 is 2.26 bits per heavy atom. The number of aromatic nitrogens is 1. The van der Waals surface area contributed by atoms with E-state index in [4.69, 9.17) is 17.3 Å². The maximum Gasteiger partial charge on any atom is 0.224 e. The molecular weight excluding hydrogens is 434 g/mol. The van der Waals surface area contributed by atoms with Crippen molar-refractivity contribution in [3.63, 3.8) is 0 Å². The molecule has 0 spiro atoms. The highest BCUT2D eigenvalue weighted by Gasteiger charge is 2.21. The van der Waals surface area contributed by atoms with E-state index < -0.39 is 9.84 Å². The first kappa shape index (κ1) is 26.4. The highest BCUT2D eigenvalue weighted by Crippen LogP contribution is 2.28. The molecular formula is C23H30ClN3O3S. The second-order valence-electron chi connectivity index (χ2n) is 6.23. The fourth-order valence-corrected chi connectivity index (χ4v) is 3.89. The lowest BCUT2D eigenvalue weighted by molar-refractivity contribution is -0.116. The molecule has 1 amide bonds. The summed E-state index contributed by atoms with van der Waals surface area (Å²) < 4.78 is 24.2. The van der Waals surface area contributed by atoms with E-state index >= 15 is 0 Å². The van der Waals surface area contributed by atoms with Crippen LogP contribution in [0, 0.1) is 0 Å². The van der Waals surface area contributed by atoms with Crippen molar-refractivity contribution >= 4 is 49.8 Å². The zero-order valence-electron chi connectivity index (χ0n) is 18.8. The topological polar surface area (TPSA) is 93.4 Å². The van der Waals surface area contributed by atoms with Crippen LogP contribution >= 0.6 is 11.6 Å². The van der Waals surface area contributed by atoms with E-state index in [0.29, 0.717) is 16.2 Å². The predicted molar refractivity (Wildman–Crippen MR) is 130 cm³/mol. The number of carbonyl (C=O) groups excluding carboxylic acids is 1. The number of nitrogen functional groups attached to an aromatic ring is 1. The third kappa shape index (κ3) is 6.67. The molecule has 1 aromatic heterocycles. The number of rotatable bonds is 4. The molecule has 0 fully saturated rings. The maximum atomic E-state index is 12.3. The molecule has 0 aliphatic heterocycles. The monoisotopic (exact) mass is 463 g/mol. The number of amides is 1. The number of fused-ring (bicyclic) bond motifs is 1. The van der Waals surface area contributed by atoms with Gasteiger partial charge in [-0.25, -0.2) is 13.4 Å². The van der Waals surface area contributed by atoms with E-state index in [1.807, 2.05) is 39.8 Å². The van der Waals surface area contributed by atoms with Gasteiger partial charge in [0.1, 0.15) is 5.82 Å². The van der Waals surface area contributed by atoms with Crippen LogP contribution in [0.1, 0.15) is 40.2 Å². The minimum atomic E-state index is -3.49. The lowest BCUT2D eigenvalue weighted by atomic mass is 10.1. The van der Waals surface area contributed by atoms with Gasteiger partial charge < -0.3 is 10.6 Å². The second-order valence-corrected chi connectivity index (χ2v) is 8.62. The van der Waals surface area contributed by atoms with Gasteiger partial charge in [-0.15, -0.1) is 0 Å². The van der Waals surface area contributed by atoms with E-state index in [-0.39, 0.29) is 23.2 Å². The van der Waals surface area contributed by atoms with Crippen LogP contribution in [0.2, 0.25) is 5.02 Å². The Kier molecular flexibility index (Phi) is 9.94. The summed E-state index contributed by atoms with van der Waals surface area (Å²) in [6.45, 7) is 9.60. The third-order valence-electron chi connectivity index (χ3n) is 4.14. The zero-order chi connectivity index (χ0) is 23.8. The molecule has 3 aromatic rings. The van der Waals surface area contributed by atoms with Gasteiger partial charge in [-0.2, -0.15) is 0 Å². The van der Waals surface area contributed by atoms with Crippen molar-refractivity contribution in [1.82, 2.24) is 4.98 Å². The molecule has 6 nitrogen and oxygen atoms in total. The quantitative estimate of drug-likeness (QED) is 0.552. The fourth-order valence-electron chi connectivity index (χ4n) is 2.84. The van der Waals surface area contributed by atoms with E-state index in [1.165, 1.54) is 17.9 Å². The molecule has 0 atom stereocenters. The normalized spacial score (nSPS) is 10.4. The number of para-hydroxylation sites is 1. The molecule has 2 N–H and O–H groups in total. The molecule has 2 aromatic carbocycles. The number of nitrogens with zero attached hydrogens (tertiary/aromatic N) is 2. The largest absolute Gasteiger partial charge is 0.382 e. The molecule has 1 heterocycles. The Morgan fingerprint density at radius 2 is 1.68 bits per heavy atom. The van der Waals surface area contributed by atoms with Gasteiger partial charge in [-0.05, 0) is 29.8 Å². The summed E-state index contributed by atoms with van der Waals surface area (Å²) in [4.78, 5) is 18.1. The first-order valence-corrected chi connectivity index (χ1v) is 12.4. The molecule has 0 aliphatic carbocycles. The number of sulfone groups is 1. The number of benzene rings is 2. The summed E-state index contributed by atoms with van der Waals surface area (Å²) in [6.07, 6.45) is 1.12. The SMILES string of the molecule is CC.CC.CC(=O)N(Cc1ccc2cc(Cl)c(N)nc2c1)c1ccccc1S(C)(=O)=O. The third-order valence-corrected chi connectivity index (χ3v) is 5.59. The summed E-state index contributed by atoms with van der Waals surface area (Å²) >= 11 is 6.00. The minimum absolute atomic E-state index is 0.107. The Hall–Kier alpha value is -2.64. The molecule has 3 rings (SSSR count). The van der Waals surface area contributed by atoms with Crippen LogP contribution in [0.25, 0.3) is 10.9 Å². The first-order valence-electron chi connectivity index (χ1n) is 10.1. The van der Waals surface area contributed by atoms with E-state index in [9.17, 15) is 13.2 Å². The number of pyridine rings is 1. The van der Waals surface area contributed by atoms with E-state index in [1.54, 1.807) is 30.3 Å². The number of carbonyl (C=O) groups is 1. The van der Waals surface area contributed by atoms with Gasteiger partial charge in [-0.1, -0.05) is 63.6 Å². The standard InChI is InChI=1S/C19H18ClN3O3S.2C2H6/c1-12(24)23(17-5-3-4-6-18(17)27(2,25)26)11-13-7-8-14-10-15(20)19(21)22-16(14)9-13;2*1-2/h3-10H,11H2,1-2H3,(H2,21,22);2*1-2H3. The first-order chi connectivity index (χ1) is 14.7. The molecule has 0 saturated carbocycles. The molecule has 31 heavy (non-hydrogen) atoms. The fraction of sp³-hybridized carbons (Fsp3) is 0.304. The van der Waals surface area contributed by atoms with E-state index in [0.717, 1.165) is 17.2 Å². The Labute approximate surface area is 190 Å². The zero-order valence-corrected chi connectivity index (χ0v) is 20.4. The van der Waals surface area contributed by atoms with Crippen molar-refractivity contribution in [3.05, 3.63) is 59.1 Å². The van der Waals surface area contributed by atoms with Gasteiger partial charge in [-0.3, -0.25) is 4.79 Å². The van der Waals surface area contributed by atoms with Gasteiger partial charge in [0, 0.05) is 18.6 Å². The number of nitrogens with two attached hydrogens (primary N) is 1. The van der Waals surface area contributed by atoms with Crippen LogP contribution in [0.5, 0.6) is 0 Å². The van der Waals surface area contributed by atoms with Crippen LogP contribution in [0.3, 0.4) is 0 Å². The van der Waals surface area contributed by atoms with Crippen molar-refractivity contribution in [1.29, 1.82) is 0 Å². The number of hydrogen-bond donors (Lipinski definition) is 1. The molecule has 0 saturated heterocycles. The minimum Gasteiger partial charge on any atom is -0.382 e. The van der Waals surface area contributed by atoms with Crippen LogP contribution in [0.15, 0.2) is 53.4 Å². The van der Waals surface area contributed by atoms with Gasteiger partial charge in [0.2, 0.25) is 5.91 Å². The van der Waals surface area contributed by atoms with Gasteiger partial charge in [0.15, 0.2) is 9.84 Å². The Bertz CT molecular complexity index is 1150.